The summed E-state index contributed by atoms with van der Waals surface area (Å²) in [5.74, 6) is 1.40. The van der Waals surface area contributed by atoms with Crippen LogP contribution in [0.5, 0.6) is 5.75 Å². The van der Waals surface area contributed by atoms with E-state index in [1.807, 2.05) is 31.2 Å². The van der Waals surface area contributed by atoms with Gasteiger partial charge in [0.05, 0.1) is 17.1 Å². The van der Waals surface area contributed by atoms with Crippen LogP contribution >= 0.6 is 0 Å². The predicted octanol–water partition coefficient (Wildman–Crippen LogP) is 2.97. The van der Waals surface area contributed by atoms with Gasteiger partial charge in [0.15, 0.2) is 12.4 Å². The molecule has 33 heavy (non-hydrogen) atoms. The van der Waals surface area contributed by atoms with Gasteiger partial charge in [-0.3, -0.25) is 9.69 Å². The van der Waals surface area contributed by atoms with Crippen molar-refractivity contribution in [2.45, 2.75) is 50.6 Å². The van der Waals surface area contributed by atoms with E-state index in [0.29, 0.717) is 34.6 Å². The summed E-state index contributed by atoms with van der Waals surface area (Å²) in [5, 5.41) is 3.99. The van der Waals surface area contributed by atoms with Gasteiger partial charge in [-0.15, -0.1) is 0 Å². The van der Waals surface area contributed by atoms with Crippen LogP contribution in [0.1, 0.15) is 47.2 Å². The third-order valence-corrected chi connectivity index (χ3v) is 7.46. The number of fused-ring (bicyclic) bond motifs is 1. The number of sulfonamides is 1. The maximum atomic E-state index is 13.1. The minimum absolute atomic E-state index is 0.111. The van der Waals surface area contributed by atoms with Crippen LogP contribution < -0.4 is 14.4 Å². The average Bonchev–Trinajstić information content (AvgIpc) is 3.53. The normalized spacial score (nSPS) is 15.9. The highest BCUT2D eigenvalue weighted by molar-refractivity contribution is 7.89. The molecule has 9 nitrogen and oxygen atoms in total. The molecule has 0 bridgehead atoms. The molecule has 1 saturated carbocycles. The summed E-state index contributed by atoms with van der Waals surface area (Å²) in [7, 11) is -3.80. The average molecular weight is 469 g/mol. The molecule has 2 aliphatic rings. The quantitative estimate of drug-likeness (QED) is 0.567. The van der Waals surface area contributed by atoms with Crippen LogP contribution in [0.25, 0.3) is 0 Å². The second-order valence-electron chi connectivity index (χ2n) is 8.43. The fraction of sp³-hybridized carbons (Fsp3) is 0.348. The Kier molecular flexibility index (Phi) is 5.41. The SMILES string of the molecule is Cc1ccccc1CNS(=O)(=O)c1cc2c(cc1C)N(Cc1noc(C3CC3)n1)C(=O)CO2. The molecule has 10 heteroatoms. The molecule has 3 aromatic rings. The third-order valence-electron chi connectivity index (χ3n) is 5.91. The molecule has 2 aromatic carbocycles. The van der Waals surface area contributed by atoms with Crippen molar-refractivity contribution in [2.75, 3.05) is 11.5 Å². The standard InChI is InChI=1S/C23H24N4O5S/c1-14-5-3-4-6-17(14)11-24-33(29,30)20-10-19-18(9-15(20)2)27(22(28)13-31-19)12-21-25-23(32-26-21)16-7-8-16/h3-6,9-10,16,24H,7-8,11-13H2,1-2H3. The number of anilines is 1. The summed E-state index contributed by atoms with van der Waals surface area (Å²) in [4.78, 5) is 18.6. The van der Waals surface area contributed by atoms with Gasteiger partial charge in [-0.2, -0.15) is 4.98 Å². The van der Waals surface area contributed by atoms with Crippen LogP contribution in [-0.4, -0.2) is 31.1 Å². The lowest BCUT2D eigenvalue weighted by atomic mass is 10.1. The zero-order valence-electron chi connectivity index (χ0n) is 18.4. The molecule has 1 aliphatic carbocycles. The van der Waals surface area contributed by atoms with Gasteiger partial charge in [-0.1, -0.05) is 29.4 Å². The van der Waals surface area contributed by atoms with Gasteiger partial charge in [-0.05, 0) is 49.4 Å². The van der Waals surface area contributed by atoms with Crippen molar-refractivity contribution in [3.05, 3.63) is 64.8 Å². The lowest BCUT2D eigenvalue weighted by Crippen LogP contribution is -2.38. The summed E-state index contributed by atoms with van der Waals surface area (Å²) in [6.45, 7) is 3.74. The highest BCUT2D eigenvalue weighted by Gasteiger charge is 2.32. The Bertz CT molecular complexity index is 1330. The number of carbonyl (C=O) groups excluding carboxylic acids is 1. The number of nitrogens with one attached hydrogen (secondary N) is 1. The Morgan fingerprint density at radius 2 is 1.94 bits per heavy atom. The zero-order chi connectivity index (χ0) is 23.2. The second kappa shape index (κ2) is 8.27. The highest BCUT2D eigenvalue weighted by Crippen LogP contribution is 2.40. The molecule has 2 heterocycles. The van der Waals surface area contributed by atoms with Crippen LogP contribution in [0.3, 0.4) is 0 Å². The van der Waals surface area contributed by atoms with E-state index >= 15 is 0 Å². The Morgan fingerprint density at radius 1 is 1.15 bits per heavy atom. The first-order valence-corrected chi connectivity index (χ1v) is 12.2. The van der Waals surface area contributed by atoms with E-state index in [1.165, 1.54) is 11.0 Å². The van der Waals surface area contributed by atoms with Crippen molar-refractivity contribution in [3.63, 3.8) is 0 Å². The number of nitrogens with zero attached hydrogens (tertiary/aromatic N) is 3. The van der Waals surface area contributed by atoms with Crippen LogP contribution in [0.15, 0.2) is 45.8 Å². The lowest BCUT2D eigenvalue weighted by Gasteiger charge is -2.29. The molecule has 172 valence electrons. The van der Waals surface area contributed by atoms with Gasteiger partial charge in [-0.25, -0.2) is 13.1 Å². The van der Waals surface area contributed by atoms with Gasteiger partial charge in [0.2, 0.25) is 15.9 Å². The molecule has 1 aromatic heterocycles. The van der Waals surface area contributed by atoms with E-state index in [0.717, 1.165) is 24.0 Å². The summed E-state index contributed by atoms with van der Waals surface area (Å²) in [5.41, 5.74) is 2.89. The minimum Gasteiger partial charge on any atom is -0.482 e. The summed E-state index contributed by atoms with van der Waals surface area (Å²) in [6, 6.07) is 10.7. The van der Waals surface area contributed by atoms with Gasteiger partial charge in [0.1, 0.15) is 5.75 Å². The number of hydrogen-bond donors (Lipinski definition) is 1. The van der Waals surface area contributed by atoms with Gasteiger partial charge < -0.3 is 9.26 Å². The van der Waals surface area contributed by atoms with E-state index in [4.69, 9.17) is 9.26 Å². The van der Waals surface area contributed by atoms with Crippen LogP contribution in [0, 0.1) is 13.8 Å². The second-order valence-corrected chi connectivity index (χ2v) is 10.2. The number of ether oxygens (including phenoxy) is 1. The Morgan fingerprint density at radius 3 is 2.70 bits per heavy atom. The number of hydrogen-bond acceptors (Lipinski definition) is 7. The topological polar surface area (TPSA) is 115 Å². The minimum atomic E-state index is -3.80. The summed E-state index contributed by atoms with van der Waals surface area (Å²) >= 11 is 0. The fourth-order valence-electron chi connectivity index (χ4n) is 3.82. The van der Waals surface area contributed by atoms with E-state index in [9.17, 15) is 13.2 Å². The van der Waals surface area contributed by atoms with Crippen LogP contribution in [-0.2, 0) is 27.9 Å². The van der Waals surface area contributed by atoms with E-state index < -0.39 is 10.0 Å². The molecule has 1 fully saturated rings. The molecule has 1 aliphatic heterocycles. The van der Waals surface area contributed by atoms with Crippen molar-refractivity contribution < 1.29 is 22.5 Å². The molecule has 1 amide bonds. The first-order chi connectivity index (χ1) is 15.8. The van der Waals surface area contributed by atoms with E-state index in [1.54, 1.807) is 13.0 Å². The smallest absolute Gasteiger partial charge is 0.265 e. The molecule has 0 atom stereocenters. The predicted molar refractivity (Wildman–Crippen MR) is 119 cm³/mol. The van der Waals surface area contributed by atoms with Crippen LogP contribution in [0.2, 0.25) is 0 Å². The first kappa shape index (κ1) is 21.6. The molecule has 0 unspecified atom stereocenters. The fourth-order valence-corrected chi connectivity index (χ4v) is 5.07. The molecule has 5 rings (SSSR count). The molecule has 0 saturated heterocycles. The largest absolute Gasteiger partial charge is 0.482 e. The van der Waals surface area contributed by atoms with Gasteiger partial charge in [0, 0.05) is 18.5 Å². The number of benzene rings is 2. The molecule has 0 radical (unpaired) electrons. The number of rotatable bonds is 7. The van der Waals surface area contributed by atoms with Crippen LogP contribution in [0.4, 0.5) is 5.69 Å². The maximum absolute atomic E-state index is 13.1. The van der Waals surface area contributed by atoms with Crippen molar-refractivity contribution in [1.82, 2.24) is 14.9 Å². The Balaban J connectivity index is 1.40. The summed E-state index contributed by atoms with van der Waals surface area (Å²) < 4.78 is 39.6. The van der Waals surface area contributed by atoms with Gasteiger partial charge in [0.25, 0.3) is 5.91 Å². The molecular formula is C23H24N4O5S. The lowest BCUT2D eigenvalue weighted by molar-refractivity contribution is -0.121. The Labute approximate surface area is 191 Å². The third kappa shape index (κ3) is 4.36. The monoisotopic (exact) mass is 468 g/mol. The number of amides is 1. The Hall–Kier alpha value is -3.24. The summed E-state index contributed by atoms with van der Waals surface area (Å²) in [6.07, 6.45) is 2.07. The molecule has 0 spiro atoms. The highest BCUT2D eigenvalue weighted by atomic mass is 32.2. The number of carbonyl (C=O) groups is 1. The number of aromatic nitrogens is 2. The molecular weight excluding hydrogens is 444 g/mol. The zero-order valence-corrected chi connectivity index (χ0v) is 19.2. The molecule has 1 N–H and O–H groups in total. The van der Waals surface area contributed by atoms with Crippen molar-refractivity contribution in [3.8, 4) is 5.75 Å². The van der Waals surface area contributed by atoms with E-state index in [-0.39, 0.29) is 30.5 Å². The van der Waals surface area contributed by atoms with Crippen molar-refractivity contribution >= 4 is 21.6 Å². The van der Waals surface area contributed by atoms with Crippen molar-refractivity contribution in [2.24, 2.45) is 0 Å². The first-order valence-electron chi connectivity index (χ1n) is 10.8. The van der Waals surface area contributed by atoms with Crippen molar-refractivity contribution in [1.29, 1.82) is 0 Å². The number of aryl methyl sites for hydroxylation is 2. The maximum Gasteiger partial charge on any atom is 0.265 e. The van der Waals surface area contributed by atoms with E-state index in [2.05, 4.69) is 14.9 Å². The van der Waals surface area contributed by atoms with Gasteiger partial charge >= 0.3 is 0 Å².